The molecule has 2 rings (SSSR count). The monoisotopic (exact) mass is 374 g/mol. The normalized spacial score (nSPS) is 15.6. The van der Waals surface area contributed by atoms with Gasteiger partial charge in [-0.3, -0.25) is 10.1 Å². The Morgan fingerprint density at radius 2 is 2.11 bits per heavy atom. The van der Waals surface area contributed by atoms with Crippen molar-refractivity contribution in [3.8, 4) is 0 Å². The maximum Gasteiger partial charge on any atom is 0.270 e. The molecule has 0 bridgehead atoms. The zero-order chi connectivity index (χ0) is 13.7. The van der Waals surface area contributed by atoms with E-state index in [9.17, 15) is 10.1 Å². The SMILES string of the molecule is O=[N+]([O-])c1ccc(NCCCC2CCCC2)c(I)c1. The Morgan fingerprint density at radius 3 is 2.74 bits per heavy atom. The van der Waals surface area contributed by atoms with Gasteiger partial charge in [0, 0.05) is 27.9 Å². The lowest BCUT2D eigenvalue weighted by Crippen LogP contribution is -2.05. The first-order valence-corrected chi connectivity index (χ1v) is 7.92. The summed E-state index contributed by atoms with van der Waals surface area (Å²) < 4.78 is 0.910. The molecule has 4 nitrogen and oxygen atoms in total. The second kappa shape index (κ2) is 7.07. The molecule has 1 saturated carbocycles. The third kappa shape index (κ3) is 4.33. The van der Waals surface area contributed by atoms with Gasteiger partial charge in [0.25, 0.3) is 5.69 Å². The van der Waals surface area contributed by atoms with Crippen molar-refractivity contribution in [2.75, 3.05) is 11.9 Å². The van der Waals surface area contributed by atoms with Crippen LogP contribution in [0.3, 0.4) is 0 Å². The third-order valence-corrected chi connectivity index (χ3v) is 4.64. The molecule has 0 heterocycles. The van der Waals surface area contributed by atoms with Crippen molar-refractivity contribution in [2.45, 2.75) is 38.5 Å². The van der Waals surface area contributed by atoms with Crippen LogP contribution < -0.4 is 5.32 Å². The molecule has 1 aliphatic rings. The first-order chi connectivity index (χ1) is 9.16. The summed E-state index contributed by atoms with van der Waals surface area (Å²) in [5.74, 6) is 0.928. The van der Waals surface area contributed by atoms with Crippen molar-refractivity contribution in [3.63, 3.8) is 0 Å². The van der Waals surface area contributed by atoms with E-state index in [-0.39, 0.29) is 10.6 Å². The molecule has 1 fully saturated rings. The molecule has 0 amide bonds. The molecular formula is C14H19IN2O2. The fourth-order valence-corrected chi connectivity index (χ4v) is 3.36. The van der Waals surface area contributed by atoms with E-state index in [1.165, 1.54) is 38.5 Å². The van der Waals surface area contributed by atoms with Crippen LogP contribution in [0, 0.1) is 19.6 Å². The van der Waals surface area contributed by atoms with Crippen molar-refractivity contribution in [1.29, 1.82) is 0 Å². The highest BCUT2D eigenvalue weighted by Gasteiger charge is 2.14. The lowest BCUT2D eigenvalue weighted by atomic mass is 10.0. The first kappa shape index (κ1) is 14.6. The van der Waals surface area contributed by atoms with Crippen molar-refractivity contribution < 1.29 is 4.92 Å². The molecular weight excluding hydrogens is 355 g/mol. The van der Waals surface area contributed by atoms with E-state index in [1.807, 2.05) is 0 Å². The highest BCUT2D eigenvalue weighted by atomic mass is 127. The number of nitro benzene ring substituents is 1. The molecule has 19 heavy (non-hydrogen) atoms. The molecule has 0 aliphatic heterocycles. The molecule has 0 spiro atoms. The number of benzene rings is 1. The molecule has 1 aliphatic carbocycles. The number of hydrogen-bond donors (Lipinski definition) is 1. The Bertz CT molecular complexity index is 445. The van der Waals surface area contributed by atoms with Gasteiger partial charge in [0.15, 0.2) is 0 Å². The molecule has 1 N–H and O–H groups in total. The Morgan fingerprint density at radius 1 is 1.37 bits per heavy atom. The van der Waals surface area contributed by atoms with Crippen LogP contribution in [-0.4, -0.2) is 11.5 Å². The average Bonchev–Trinajstić information content (AvgIpc) is 2.89. The number of anilines is 1. The minimum atomic E-state index is -0.355. The smallest absolute Gasteiger partial charge is 0.270 e. The van der Waals surface area contributed by atoms with Gasteiger partial charge in [0.05, 0.1) is 4.92 Å². The van der Waals surface area contributed by atoms with Gasteiger partial charge in [0.2, 0.25) is 0 Å². The zero-order valence-electron chi connectivity index (χ0n) is 10.9. The van der Waals surface area contributed by atoms with Gasteiger partial charge in [-0.2, -0.15) is 0 Å². The van der Waals surface area contributed by atoms with Gasteiger partial charge < -0.3 is 5.32 Å². The zero-order valence-corrected chi connectivity index (χ0v) is 13.1. The standard InChI is InChI=1S/C14H19IN2O2/c15-13-10-12(17(18)19)7-8-14(13)16-9-3-6-11-4-1-2-5-11/h7-8,10-11,16H,1-6,9H2. The summed E-state index contributed by atoms with van der Waals surface area (Å²) in [5, 5.41) is 14.0. The van der Waals surface area contributed by atoms with Crippen LogP contribution in [-0.2, 0) is 0 Å². The van der Waals surface area contributed by atoms with Gasteiger partial charge >= 0.3 is 0 Å². The Labute approximate surface area is 127 Å². The van der Waals surface area contributed by atoms with E-state index < -0.39 is 0 Å². The van der Waals surface area contributed by atoms with Crippen molar-refractivity contribution in [2.24, 2.45) is 5.92 Å². The third-order valence-electron chi connectivity index (χ3n) is 3.74. The lowest BCUT2D eigenvalue weighted by Gasteiger charge is -2.11. The number of nitrogens with zero attached hydrogens (tertiary/aromatic N) is 1. The van der Waals surface area contributed by atoms with Crippen LogP contribution in [0.4, 0.5) is 11.4 Å². The lowest BCUT2D eigenvalue weighted by molar-refractivity contribution is -0.384. The van der Waals surface area contributed by atoms with Gasteiger partial charge in [-0.05, 0) is 47.4 Å². The van der Waals surface area contributed by atoms with Crippen LogP contribution >= 0.6 is 22.6 Å². The summed E-state index contributed by atoms with van der Waals surface area (Å²) in [5.41, 5.74) is 1.15. The molecule has 0 atom stereocenters. The molecule has 0 unspecified atom stereocenters. The van der Waals surface area contributed by atoms with Crippen LogP contribution in [0.2, 0.25) is 0 Å². The molecule has 0 aromatic heterocycles. The van der Waals surface area contributed by atoms with Crippen molar-refractivity contribution in [1.82, 2.24) is 0 Å². The second-order valence-electron chi connectivity index (χ2n) is 5.14. The molecule has 104 valence electrons. The predicted octanol–water partition coefficient (Wildman–Crippen LogP) is 4.58. The summed E-state index contributed by atoms with van der Waals surface area (Å²) in [7, 11) is 0. The summed E-state index contributed by atoms with van der Waals surface area (Å²) in [4.78, 5) is 10.3. The van der Waals surface area contributed by atoms with E-state index in [2.05, 4.69) is 27.9 Å². The van der Waals surface area contributed by atoms with Gasteiger partial charge in [0.1, 0.15) is 0 Å². The fourth-order valence-electron chi connectivity index (χ4n) is 2.67. The number of halogens is 1. The Balaban J connectivity index is 1.77. The highest BCUT2D eigenvalue weighted by Crippen LogP contribution is 2.28. The minimum absolute atomic E-state index is 0.154. The van der Waals surface area contributed by atoms with Gasteiger partial charge in [-0.1, -0.05) is 25.7 Å². The number of rotatable bonds is 6. The minimum Gasteiger partial charge on any atom is -0.384 e. The van der Waals surface area contributed by atoms with E-state index >= 15 is 0 Å². The van der Waals surface area contributed by atoms with E-state index in [1.54, 1.807) is 18.2 Å². The van der Waals surface area contributed by atoms with Crippen LogP contribution in [0.25, 0.3) is 0 Å². The molecule has 0 saturated heterocycles. The van der Waals surface area contributed by atoms with Crippen LogP contribution in [0.5, 0.6) is 0 Å². The van der Waals surface area contributed by atoms with E-state index in [0.29, 0.717) is 0 Å². The summed E-state index contributed by atoms with van der Waals surface area (Å²) in [6.07, 6.45) is 8.08. The Kier molecular flexibility index (Phi) is 5.42. The maximum atomic E-state index is 10.7. The van der Waals surface area contributed by atoms with E-state index in [4.69, 9.17) is 0 Å². The number of non-ortho nitro benzene ring substituents is 1. The summed E-state index contributed by atoms with van der Waals surface area (Å²) >= 11 is 2.14. The summed E-state index contributed by atoms with van der Waals surface area (Å²) in [6.45, 7) is 0.949. The number of hydrogen-bond acceptors (Lipinski definition) is 3. The molecule has 1 aromatic rings. The van der Waals surface area contributed by atoms with Crippen LogP contribution in [0.15, 0.2) is 18.2 Å². The molecule has 1 aromatic carbocycles. The second-order valence-corrected chi connectivity index (χ2v) is 6.30. The van der Waals surface area contributed by atoms with Crippen LogP contribution in [0.1, 0.15) is 38.5 Å². The van der Waals surface area contributed by atoms with E-state index in [0.717, 1.165) is 21.7 Å². The quantitative estimate of drug-likeness (QED) is 0.343. The van der Waals surface area contributed by atoms with Gasteiger partial charge in [-0.15, -0.1) is 0 Å². The summed E-state index contributed by atoms with van der Waals surface area (Å²) in [6, 6.07) is 4.97. The molecule has 5 heteroatoms. The van der Waals surface area contributed by atoms with Crippen molar-refractivity contribution >= 4 is 34.0 Å². The van der Waals surface area contributed by atoms with Crippen molar-refractivity contribution in [3.05, 3.63) is 31.9 Å². The maximum absolute atomic E-state index is 10.7. The number of nitro groups is 1. The Hall–Kier alpha value is -0.850. The first-order valence-electron chi connectivity index (χ1n) is 6.84. The largest absolute Gasteiger partial charge is 0.384 e. The predicted molar refractivity (Wildman–Crippen MR) is 85.5 cm³/mol. The molecule has 0 radical (unpaired) electrons. The number of nitrogens with one attached hydrogen (secondary N) is 1. The van der Waals surface area contributed by atoms with Gasteiger partial charge in [-0.25, -0.2) is 0 Å². The topological polar surface area (TPSA) is 55.2 Å². The average molecular weight is 374 g/mol. The fraction of sp³-hybridized carbons (Fsp3) is 0.571. The highest BCUT2D eigenvalue weighted by molar-refractivity contribution is 14.1.